The minimum Gasteiger partial charge on any atom is -0.370 e. The second kappa shape index (κ2) is 6.77. The van der Waals surface area contributed by atoms with E-state index in [1.165, 1.54) is 12.8 Å². The number of pyridine rings is 1. The molecule has 0 saturated carbocycles. The van der Waals surface area contributed by atoms with Gasteiger partial charge in [-0.25, -0.2) is 4.98 Å². The number of hydrogen-bond acceptors (Lipinski definition) is 3. The number of aromatic nitrogens is 1. The number of halogens is 1. The van der Waals surface area contributed by atoms with Gasteiger partial charge < -0.3 is 5.32 Å². The van der Waals surface area contributed by atoms with Crippen LogP contribution in [0.15, 0.2) is 12.1 Å². The van der Waals surface area contributed by atoms with Crippen LogP contribution in [0.2, 0.25) is 5.02 Å². The summed E-state index contributed by atoms with van der Waals surface area (Å²) in [5.41, 5.74) is 1.40. The minimum absolute atomic E-state index is 0.406. The summed E-state index contributed by atoms with van der Waals surface area (Å²) in [5.74, 6) is 0.933. The number of rotatable bonds is 5. The summed E-state index contributed by atoms with van der Waals surface area (Å²) in [6.07, 6.45) is 3.67. The van der Waals surface area contributed by atoms with Crippen LogP contribution in [0.5, 0.6) is 0 Å². The molecule has 1 fully saturated rings. The summed E-state index contributed by atoms with van der Waals surface area (Å²) in [7, 11) is 0. The van der Waals surface area contributed by atoms with Gasteiger partial charge in [-0.05, 0) is 43.4 Å². The predicted molar refractivity (Wildman–Crippen MR) is 86.3 cm³/mol. The highest BCUT2D eigenvalue weighted by Gasteiger charge is 2.26. The summed E-state index contributed by atoms with van der Waals surface area (Å²) in [5, 5.41) is 4.10. The van der Waals surface area contributed by atoms with Crippen molar-refractivity contribution in [3.8, 4) is 0 Å². The first-order chi connectivity index (χ1) is 9.50. The third kappa shape index (κ3) is 4.35. The van der Waals surface area contributed by atoms with Gasteiger partial charge in [-0.3, -0.25) is 4.90 Å². The Kier molecular flexibility index (Phi) is 5.28. The van der Waals surface area contributed by atoms with E-state index in [1.54, 1.807) is 0 Å². The van der Waals surface area contributed by atoms with E-state index in [4.69, 9.17) is 11.6 Å². The van der Waals surface area contributed by atoms with E-state index in [1.807, 2.05) is 12.1 Å². The van der Waals surface area contributed by atoms with Crippen molar-refractivity contribution < 1.29 is 0 Å². The summed E-state index contributed by atoms with van der Waals surface area (Å²) in [6.45, 7) is 10.9. The predicted octanol–water partition coefficient (Wildman–Crippen LogP) is 4.18. The molecule has 0 radical (unpaired) electrons. The zero-order valence-electron chi connectivity index (χ0n) is 12.9. The average Bonchev–Trinajstić information content (AvgIpc) is 2.38. The van der Waals surface area contributed by atoms with Crippen molar-refractivity contribution in [2.24, 2.45) is 5.41 Å². The van der Waals surface area contributed by atoms with Crippen molar-refractivity contribution in [3.05, 3.63) is 22.8 Å². The van der Waals surface area contributed by atoms with E-state index in [0.717, 1.165) is 49.1 Å². The smallest absolute Gasteiger partial charge is 0.126 e. The van der Waals surface area contributed by atoms with Crippen LogP contribution in [-0.2, 0) is 6.54 Å². The molecule has 1 N–H and O–H groups in total. The molecular weight excluding hydrogens is 270 g/mol. The second-order valence-corrected chi connectivity index (χ2v) is 6.94. The third-order valence-electron chi connectivity index (χ3n) is 3.83. The van der Waals surface area contributed by atoms with Crippen LogP contribution < -0.4 is 5.32 Å². The lowest BCUT2D eigenvalue weighted by molar-refractivity contribution is 0.110. The number of hydrogen-bond donors (Lipinski definition) is 1. The largest absolute Gasteiger partial charge is 0.370 e. The van der Waals surface area contributed by atoms with Crippen molar-refractivity contribution >= 4 is 17.4 Å². The molecule has 0 atom stereocenters. The highest BCUT2D eigenvalue weighted by atomic mass is 35.5. The van der Waals surface area contributed by atoms with Gasteiger partial charge in [0.2, 0.25) is 0 Å². The summed E-state index contributed by atoms with van der Waals surface area (Å²) >= 11 is 6.30. The van der Waals surface area contributed by atoms with Crippen LogP contribution in [0.25, 0.3) is 0 Å². The summed E-state index contributed by atoms with van der Waals surface area (Å²) < 4.78 is 0. The molecule has 1 aliphatic rings. The molecule has 0 amide bonds. The second-order valence-electron chi connectivity index (χ2n) is 6.53. The molecule has 3 nitrogen and oxygen atoms in total. The number of piperidine rings is 1. The topological polar surface area (TPSA) is 28.2 Å². The molecule has 1 saturated heterocycles. The average molecular weight is 296 g/mol. The SMILES string of the molecule is CCCNc1ccc(Cl)c(CN2CCCC(C)(C)C2)n1. The molecule has 20 heavy (non-hydrogen) atoms. The molecule has 112 valence electrons. The van der Waals surface area contributed by atoms with E-state index in [-0.39, 0.29) is 0 Å². The van der Waals surface area contributed by atoms with Gasteiger partial charge >= 0.3 is 0 Å². The number of nitrogens with one attached hydrogen (secondary N) is 1. The summed E-state index contributed by atoms with van der Waals surface area (Å²) in [4.78, 5) is 7.14. The first-order valence-corrected chi connectivity index (χ1v) is 7.99. The molecule has 1 aromatic heterocycles. The Bertz CT molecular complexity index is 445. The fourth-order valence-corrected chi connectivity index (χ4v) is 3.00. The Balaban J connectivity index is 2.04. The molecule has 0 aliphatic carbocycles. The lowest BCUT2D eigenvalue weighted by Gasteiger charge is -2.38. The van der Waals surface area contributed by atoms with Gasteiger partial charge in [0.05, 0.1) is 10.7 Å². The van der Waals surface area contributed by atoms with Gasteiger partial charge in [0.25, 0.3) is 0 Å². The van der Waals surface area contributed by atoms with Gasteiger partial charge in [0.15, 0.2) is 0 Å². The van der Waals surface area contributed by atoms with Crippen LogP contribution in [0, 0.1) is 5.41 Å². The first-order valence-electron chi connectivity index (χ1n) is 7.62. The molecule has 2 heterocycles. The van der Waals surface area contributed by atoms with Crippen molar-refractivity contribution in [1.82, 2.24) is 9.88 Å². The number of nitrogens with zero attached hydrogens (tertiary/aromatic N) is 2. The normalized spacial score (nSPS) is 19.0. The lowest BCUT2D eigenvalue weighted by atomic mass is 9.84. The maximum absolute atomic E-state index is 6.30. The molecule has 0 bridgehead atoms. The van der Waals surface area contributed by atoms with Gasteiger partial charge in [0.1, 0.15) is 5.82 Å². The molecule has 1 aromatic rings. The lowest BCUT2D eigenvalue weighted by Crippen LogP contribution is -2.39. The van der Waals surface area contributed by atoms with Crippen LogP contribution in [0.3, 0.4) is 0 Å². The molecule has 0 spiro atoms. The Morgan fingerprint density at radius 1 is 1.40 bits per heavy atom. The van der Waals surface area contributed by atoms with E-state index >= 15 is 0 Å². The van der Waals surface area contributed by atoms with Crippen LogP contribution >= 0.6 is 11.6 Å². The van der Waals surface area contributed by atoms with Crippen LogP contribution in [0.1, 0.15) is 45.7 Å². The highest BCUT2D eigenvalue weighted by molar-refractivity contribution is 6.31. The molecule has 1 aliphatic heterocycles. The quantitative estimate of drug-likeness (QED) is 0.883. The minimum atomic E-state index is 0.406. The zero-order valence-corrected chi connectivity index (χ0v) is 13.6. The monoisotopic (exact) mass is 295 g/mol. The van der Waals surface area contributed by atoms with E-state index in [2.05, 4.69) is 36.0 Å². The van der Waals surface area contributed by atoms with Gasteiger partial charge in [-0.2, -0.15) is 0 Å². The molecule has 0 aromatic carbocycles. The first kappa shape index (κ1) is 15.6. The number of likely N-dealkylation sites (tertiary alicyclic amines) is 1. The Morgan fingerprint density at radius 2 is 2.20 bits per heavy atom. The molecule has 0 unspecified atom stereocenters. The maximum Gasteiger partial charge on any atom is 0.126 e. The van der Waals surface area contributed by atoms with Gasteiger partial charge in [-0.15, -0.1) is 0 Å². The number of anilines is 1. The zero-order chi connectivity index (χ0) is 14.6. The Labute approximate surface area is 127 Å². The van der Waals surface area contributed by atoms with Gasteiger partial charge in [-0.1, -0.05) is 32.4 Å². The Hall–Kier alpha value is -0.800. The fraction of sp³-hybridized carbons (Fsp3) is 0.688. The van der Waals surface area contributed by atoms with Crippen molar-refractivity contribution in [1.29, 1.82) is 0 Å². The van der Waals surface area contributed by atoms with E-state index in [0.29, 0.717) is 5.41 Å². The van der Waals surface area contributed by atoms with Crippen molar-refractivity contribution in [3.63, 3.8) is 0 Å². The fourth-order valence-electron chi connectivity index (χ4n) is 2.84. The Morgan fingerprint density at radius 3 is 2.90 bits per heavy atom. The summed E-state index contributed by atoms with van der Waals surface area (Å²) in [6, 6.07) is 3.92. The van der Waals surface area contributed by atoms with Crippen molar-refractivity contribution in [2.75, 3.05) is 25.0 Å². The van der Waals surface area contributed by atoms with E-state index in [9.17, 15) is 0 Å². The highest BCUT2D eigenvalue weighted by Crippen LogP contribution is 2.30. The van der Waals surface area contributed by atoms with E-state index < -0.39 is 0 Å². The van der Waals surface area contributed by atoms with Crippen molar-refractivity contribution in [2.45, 2.75) is 46.6 Å². The van der Waals surface area contributed by atoms with Crippen LogP contribution in [-0.4, -0.2) is 29.5 Å². The molecular formula is C16H26ClN3. The third-order valence-corrected chi connectivity index (χ3v) is 4.17. The molecule has 2 rings (SSSR count). The molecule has 4 heteroatoms. The maximum atomic E-state index is 6.30. The standard InChI is InChI=1S/C16H26ClN3/c1-4-9-18-15-7-6-13(17)14(19-15)11-20-10-5-8-16(2,3)12-20/h6-7H,4-5,8-12H2,1-3H3,(H,18,19). The van der Waals surface area contributed by atoms with Crippen LogP contribution in [0.4, 0.5) is 5.82 Å². The van der Waals surface area contributed by atoms with Gasteiger partial charge in [0, 0.05) is 19.6 Å².